The maximum absolute atomic E-state index is 12.6. The summed E-state index contributed by atoms with van der Waals surface area (Å²) in [5.41, 5.74) is 7.51. The number of nitrogens with one attached hydrogen (secondary N) is 1. The quantitative estimate of drug-likeness (QED) is 0.846. The zero-order valence-electron chi connectivity index (χ0n) is 13.4. The Morgan fingerprint density at radius 1 is 0.960 bits per heavy atom. The first kappa shape index (κ1) is 17.6. The summed E-state index contributed by atoms with van der Waals surface area (Å²) in [5, 5.41) is 3.54. The van der Waals surface area contributed by atoms with E-state index < -0.39 is 5.91 Å². The van der Waals surface area contributed by atoms with Gasteiger partial charge in [-0.1, -0.05) is 23.2 Å². The van der Waals surface area contributed by atoms with E-state index in [4.69, 9.17) is 28.9 Å². The minimum atomic E-state index is -0.544. The molecule has 3 N–H and O–H groups in total. The van der Waals surface area contributed by atoms with Crippen LogP contribution in [-0.2, 0) is 0 Å². The molecule has 0 aromatic heterocycles. The summed E-state index contributed by atoms with van der Waals surface area (Å²) < 4.78 is 0. The molecule has 1 aliphatic rings. The van der Waals surface area contributed by atoms with Gasteiger partial charge < -0.3 is 16.0 Å². The number of amides is 2. The summed E-state index contributed by atoms with van der Waals surface area (Å²) in [6.45, 7) is 1.82. The van der Waals surface area contributed by atoms with E-state index in [9.17, 15) is 9.59 Å². The minimum absolute atomic E-state index is 0.306. The van der Waals surface area contributed by atoms with E-state index in [0.29, 0.717) is 26.9 Å². The van der Waals surface area contributed by atoms with Gasteiger partial charge in [-0.25, -0.2) is 0 Å². The maximum atomic E-state index is 12.6. The highest BCUT2D eigenvalue weighted by molar-refractivity contribution is 6.42. The fourth-order valence-corrected chi connectivity index (χ4v) is 3.15. The van der Waals surface area contributed by atoms with Crippen LogP contribution in [0.25, 0.3) is 0 Å². The Morgan fingerprint density at radius 3 is 2.28 bits per heavy atom. The molecular weight excluding hydrogens is 361 g/mol. The zero-order valence-corrected chi connectivity index (χ0v) is 14.9. The lowest BCUT2D eigenvalue weighted by atomic mass is 10.1. The van der Waals surface area contributed by atoms with Gasteiger partial charge in [0.25, 0.3) is 5.91 Å². The van der Waals surface area contributed by atoms with Crippen molar-refractivity contribution in [2.24, 2.45) is 5.73 Å². The summed E-state index contributed by atoms with van der Waals surface area (Å²) in [4.78, 5) is 26.2. The molecule has 0 bridgehead atoms. The molecule has 1 heterocycles. The van der Waals surface area contributed by atoms with Gasteiger partial charge in [0.2, 0.25) is 5.91 Å². The number of anilines is 2. The number of rotatable bonds is 4. The summed E-state index contributed by atoms with van der Waals surface area (Å²) in [6.07, 6.45) is 2.19. The predicted octanol–water partition coefficient (Wildman–Crippen LogP) is 3.94. The summed E-state index contributed by atoms with van der Waals surface area (Å²) in [7, 11) is 0. The van der Waals surface area contributed by atoms with E-state index in [2.05, 4.69) is 10.2 Å². The molecule has 1 saturated heterocycles. The number of nitrogens with two attached hydrogens (primary N) is 1. The zero-order chi connectivity index (χ0) is 18.0. The second-order valence-corrected chi connectivity index (χ2v) is 6.69. The first-order valence-corrected chi connectivity index (χ1v) is 8.66. The van der Waals surface area contributed by atoms with Crippen molar-refractivity contribution >= 4 is 46.4 Å². The van der Waals surface area contributed by atoms with Crippen LogP contribution in [0.2, 0.25) is 10.0 Å². The molecule has 130 valence electrons. The van der Waals surface area contributed by atoms with Gasteiger partial charge in [0.05, 0.1) is 21.4 Å². The predicted molar refractivity (Wildman–Crippen MR) is 101 cm³/mol. The number of benzene rings is 2. The number of primary amides is 1. The minimum Gasteiger partial charge on any atom is -0.370 e. The lowest BCUT2D eigenvalue weighted by Gasteiger charge is -2.22. The summed E-state index contributed by atoms with van der Waals surface area (Å²) in [6, 6.07) is 9.76. The first-order valence-electron chi connectivity index (χ1n) is 7.91. The number of halogens is 2. The number of hydrogen-bond acceptors (Lipinski definition) is 3. The van der Waals surface area contributed by atoms with Crippen LogP contribution in [0.1, 0.15) is 33.6 Å². The lowest BCUT2D eigenvalue weighted by Crippen LogP contribution is -2.22. The van der Waals surface area contributed by atoms with Crippen LogP contribution in [0.5, 0.6) is 0 Å². The average molecular weight is 378 g/mol. The lowest BCUT2D eigenvalue weighted by molar-refractivity contribution is 0.0996. The number of carbonyl (C=O) groups is 2. The molecule has 2 amide bonds. The van der Waals surface area contributed by atoms with Crippen molar-refractivity contribution in [2.75, 3.05) is 23.3 Å². The molecule has 0 atom stereocenters. The van der Waals surface area contributed by atoms with Gasteiger partial charge in [0, 0.05) is 24.2 Å². The van der Waals surface area contributed by atoms with Crippen molar-refractivity contribution in [3.05, 3.63) is 57.6 Å². The highest BCUT2D eigenvalue weighted by atomic mass is 35.5. The highest BCUT2D eigenvalue weighted by Crippen LogP contribution is 2.31. The second-order valence-electron chi connectivity index (χ2n) is 5.87. The van der Waals surface area contributed by atoms with Crippen molar-refractivity contribution in [1.82, 2.24) is 0 Å². The molecule has 0 aliphatic carbocycles. The van der Waals surface area contributed by atoms with Gasteiger partial charge in [-0.3, -0.25) is 9.59 Å². The summed E-state index contributed by atoms with van der Waals surface area (Å²) in [5.74, 6) is -0.876. The van der Waals surface area contributed by atoms with Crippen LogP contribution in [0.15, 0.2) is 36.4 Å². The van der Waals surface area contributed by atoms with Crippen LogP contribution in [0.3, 0.4) is 0 Å². The molecule has 1 fully saturated rings. The van der Waals surface area contributed by atoms with Crippen molar-refractivity contribution in [1.29, 1.82) is 0 Å². The molecule has 2 aromatic carbocycles. The molecule has 2 aromatic rings. The first-order chi connectivity index (χ1) is 12.0. The molecule has 0 unspecified atom stereocenters. The SMILES string of the molecule is NC(=O)c1ccc(N2CCCC2)c(NC(=O)c2ccc(Cl)c(Cl)c2)c1. The largest absolute Gasteiger partial charge is 0.370 e. The van der Waals surface area contributed by atoms with Gasteiger partial charge in [0.15, 0.2) is 0 Å². The van der Waals surface area contributed by atoms with E-state index in [0.717, 1.165) is 31.6 Å². The molecule has 25 heavy (non-hydrogen) atoms. The third kappa shape index (κ3) is 3.89. The molecule has 0 spiro atoms. The van der Waals surface area contributed by atoms with Crippen LogP contribution < -0.4 is 16.0 Å². The van der Waals surface area contributed by atoms with Crippen molar-refractivity contribution < 1.29 is 9.59 Å². The molecule has 5 nitrogen and oxygen atoms in total. The Bertz CT molecular complexity index is 833. The van der Waals surface area contributed by atoms with E-state index in [1.807, 2.05) is 6.07 Å². The van der Waals surface area contributed by atoms with Gasteiger partial charge >= 0.3 is 0 Å². The number of carbonyl (C=O) groups excluding carboxylic acids is 2. The standard InChI is InChI=1S/C18H17Cl2N3O2/c19-13-5-3-12(9-14(13)20)18(25)22-15-10-11(17(21)24)4-6-16(15)23-7-1-2-8-23/h3-6,9-10H,1-2,7-8H2,(H2,21,24)(H,22,25). The fraction of sp³-hybridized carbons (Fsp3) is 0.222. The molecule has 3 rings (SSSR count). The fourth-order valence-electron chi connectivity index (χ4n) is 2.86. The van der Waals surface area contributed by atoms with E-state index in [-0.39, 0.29) is 5.91 Å². The van der Waals surface area contributed by atoms with Gasteiger partial charge in [-0.15, -0.1) is 0 Å². The van der Waals surface area contributed by atoms with Crippen molar-refractivity contribution in [3.63, 3.8) is 0 Å². The molecule has 7 heteroatoms. The Labute approximate surface area is 155 Å². The van der Waals surface area contributed by atoms with Crippen LogP contribution in [-0.4, -0.2) is 24.9 Å². The van der Waals surface area contributed by atoms with Gasteiger partial charge in [-0.2, -0.15) is 0 Å². The summed E-state index contributed by atoms with van der Waals surface area (Å²) >= 11 is 11.9. The molecular formula is C18H17Cl2N3O2. The smallest absolute Gasteiger partial charge is 0.255 e. The average Bonchev–Trinajstić information content (AvgIpc) is 3.11. The Balaban J connectivity index is 1.93. The Hall–Kier alpha value is -2.24. The van der Waals surface area contributed by atoms with E-state index in [1.165, 1.54) is 6.07 Å². The second kappa shape index (κ2) is 7.33. The Kier molecular flexibility index (Phi) is 5.16. The molecule has 0 radical (unpaired) electrons. The number of hydrogen-bond donors (Lipinski definition) is 2. The van der Waals surface area contributed by atoms with Crippen LogP contribution >= 0.6 is 23.2 Å². The topological polar surface area (TPSA) is 75.4 Å². The van der Waals surface area contributed by atoms with Crippen molar-refractivity contribution in [3.8, 4) is 0 Å². The maximum Gasteiger partial charge on any atom is 0.255 e. The van der Waals surface area contributed by atoms with Gasteiger partial charge in [-0.05, 0) is 49.2 Å². The van der Waals surface area contributed by atoms with E-state index in [1.54, 1.807) is 24.3 Å². The van der Waals surface area contributed by atoms with Crippen molar-refractivity contribution in [2.45, 2.75) is 12.8 Å². The third-order valence-corrected chi connectivity index (χ3v) is 4.90. The Morgan fingerprint density at radius 2 is 1.64 bits per heavy atom. The number of nitrogens with zero attached hydrogens (tertiary/aromatic N) is 1. The highest BCUT2D eigenvalue weighted by Gasteiger charge is 2.19. The normalized spacial score (nSPS) is 13.8. The third-order valence-electron chi connectivity index (χ3n) is 4.16. The monoisotopic (exact) mass is 377 g/mol. The molecule has 0 saturated carbocycles. The van der Waals surface area contributed by atoms with Crippen LogP contribution in [0.4, 0.5) is 11.4 Å². The molecule has 1 aliphatic heterocycles. The van der Waals surface area contributed by atoms with E-state index >= 15 is 0 Å². The van der Waals surface area contributed by atoms with Crippen LogP contribution in [0, 0.1) is 0 Å². The van der Waals surface area contributed by atoms with Gasteiger partial charge in [0.1, 0.15) is 0 Å².